The molecular weight excluding hydrogens is 294 g/mol. The van der Waals surface area contributed by atoms with Crippen LogP contribution in [0.4, 0.5) is 0 Å². The Balaban J connectivity index is 2.18. The number of aliphatic carboxylic acids is 1. The Kier molecular flexibility index (Phi) is 4.78. The van der Waals surface area contributed by atoms with E-state index in [1.165, 1.54) is 11.3 Å². The summed E-state index contributed by atoms with van der Waals surface area (Å²) in [7, 11) is 0. The number of hydrogen-bond acceptors (Lipinski definition) is 3. The summed E-state index contributed by atoms with van der Waals surface area (Å²) < 4.78 is 0. The summed E-state index contributed by atoms with van der Waals surface area (Å²) >= 11 is 7.56. The minimum absolute atomic E-state index is 0.204. The van der Waals surface area contributed by atoms with Gasteiger partial charge in [-0.1, -0.05) is 35.7 Å². The molecule has 0 fully saturated rings. The molecule has 2 aromatic rings. The second kappa shape index (κ2) is 6.56. The summed E-state index contributed by atoms with van der Waals surface area (Å²) in [6.07, 6.45) is 0.204. The highest BCUT2D eigenvalue weighted by Gasteiger charge is 2.20. The lowest BCUT2D eigenvalue weighted by Crippen LogP contribution is -2.11. The number of benzene rings is 1. The molecule has 0 saturated carbocycles. The fourth-order valence-corrected chi connectivity index (χ4v) is 2.56. The molecule has 3 nitrogen and oxygen atoms in total. The van der Waals surface area contributed by atoms with Crippen LogP contribution in [0.2, 0.25) is 5.02 Å². The first kappa shape index (κ1) is 14.6. The van der Waals surface area contributed by atoms with Crippen LogP contribution in [0, 0.1) is 18.8 Å². The molecule has 1 aromatic heterocycles. The van der Waals surface area contributed by atoms with E-state index in [0.717, 1.165) is 5.01 Å². The molecule has 0 aliphatic rings. The van der Waals surface area contributed by atoms with Crippen molar-refractivity contribution in [2.75, 3.05) is 0 Å². The third-order valence-corrected chi connectivity index (χ3v) is 3.84. The SMILES string of the molecule is Cc1nc(C#CCC(C(=O)O)c2ccccc2Cl)cs1. The van der Waals surface area contributed by atoms with Crippen molar-refractivity contribution in [1.29, 1.82) is 0 Å². The highest BCUT2D eigenvalue weighted by molar-refractivity contribution is 7.09. The average molecular weight is 306 g/mol. The normalized spacial score (nSPS) is 11.5. The van der Waals surface area contributed by atoms with E-state index in [1.807, 2.05) is 12.3 Å². The lowest BCUT2D eigenvalue weighted by Gasteiger charge is -2.10. The lowest BCUT2D eigenvalue weighted by atomic mass is 9.96. The maximum absolute atomic E-state index is 11.4. The van der Waals surface area contributed by atoms with Gasteiger partial charge in [-0.25, -0.2) is 4.98 Å². The Hall–Kier alpha value is -1.83. The van der Waals surface area contributed by atoms with Crippen molar-refractivity contribution in [3.05, 3.63) is 50.9 Å². The van der Waals surface area contributed by atoms with Crippen LogP contribution in [0.1, 0.15) is 28.6 Å². The molecule has 102 valence electrons. The van der Waals surface area contributed by atoms with Crippen LogP contribution in [0.5, 0.6) is 0 Å². The third-order valence-electron chi connectivity index (χ3n) is 2.72. The second-order valence-corrected chi connectivity index (χ2v) is 5.64. The molecule has 1 aromatic carbocycles. The molecule has 1 N–H and O–H groups in total. The van der Waals surface area contributed by atoms with Gasteiger partial charge >= 0.3 is 5.97 Å². The maximum Gasteiger partial charge on any atom is 0.312 e. The summed E-state index contributed by atoms with van der Waals surface area (Å²) in [5.41, 5.74) is 1.27. The van der Waals surface area contributed by atoms with Crippen LogP contribution in [0.15, 0.2) is 29.6 Å². The second-order valence-electron chi connectivity index (χ2n) is 4.17. The maximum atomic E-state index is 11.4. The highest BCUT2D eigenvalue weighted by Crippen LogP contribution is 2.27. The van der Waals surface area contributed by atoms with Crippen molar-refractivity contribution in [1.82, 2.24) is 4.98 Å². The zero-order valence-corrected chi connectivity index (χ0v) is 12.3. The van der Waals surface area contributed by atoms with E-state index in [-0.39, 0.29) is 6.42 Å². The van der Waals surface area contributed by atoms with Crippen LogP contribution in [0.25, 0.3) is 0 Å². The van der Waals surface area contributed by atoms with Crippen LogP contribution in [-0.2, 0) is 4.79 Å². The number of halogens is 1. The minimum atomic E-state index is -0.929. The fourth-order valence-electron chi connectivity index (χ4n) is 1.75. The van der Waals surface area contributed by atoms with Gasteiger partial charge in [-0.15, -0.1) is 11.3 Å². The van der Waals surface area contributed by atoms with E-state index < -0.39 is 11.9 Å². The Morgan fingerprint density at radius 3 is 2.85 bits per heavy atom. The number of carboxylic acids is 1. The summed E-state index contributed by atoms with van der Waals surface area (Å²) in [6.45, 7) is 1.90. The largest absolute Gasteiger partial charge is 0.481 e. The number of aromatic nitrogens is 1. The number of nitrogens with zero attached hydrogens (tertiary/aromatic N) is 1. The van der Waals surface area contributed by atoms with E-state index >= 15 is 0 Å². The Bertz CT molecular complexity index is 684. The zero-order chi connectivity index (χ0) is 14.5. The molecule has 0 bridgehead atoms. The number of carboxylic acid groups (broad SMARTS) is 1. The minimum Gasteiger partial charge on any atom is -0.481 e. The number of hydrogen-bond donors (Lipinski definition) is 1. The molecule has 1 heterocycles. The Morgan fingerprint density at radius 2 is 2.25 bits per heavy atom. The smallest absolute Gasteiger partial charge is 0.312 e. The monoisotopic (exact) mass is 305 g/mol. The Labute approximate surface area is 126 Å². The van der Waals surface area contributed by atoms with Crippen LogP contribution < -0.4 is 0 Å². The van der Waals surface area contributed by atoms with Crippen LogP contribution in [-0.4, -0.2) is 16.1 Å². The topological polar surface area (TPSA) is 50.2 Å². The Morgan fingerprint density at radius 1 is 1.50 bits per heavy atom. The zero-order valence-electron chi connectivity index (χ0n) is 10.8. The summed E-state index contributed by atoms with van der Waals surface area (Å²) in [4.78, 5) is 15.6. The van der Waals surface area contributed by atoms with E-state index in [9.17, 15) is 9.90 Å². The van der Waals surface area contributed by atoms with Gasteiger partial charge < -0.3 is 5.11 Å². The molecule has 0 amide bonds. The van der Waals surface area contributed by atoms with Crippen molar-refractivity contribution >= 4 is 28.9 Å². The molecule has 0 saturated heterocycles. The first-order valence-corrected chi connectivity index (χ1v) is 7.22. The summed E-state index contributed by atoms with van der Waals surface area (Å²) in [5, 5.41) is 12.6. The van der Waals surface area contributed by atoms with Crippen molar-refractivity contribution in [2.24, 2.45) is 0 Å². The molecule has 0 aliphatic heterocycles. The van der Waals surface area contributed by atoms with Gasteiger partial charge in [-0.05, 0) is 24.5 Å². The first-order valence-electron chi connectivity index (χ1n) is 5.96. The third kappa shape index (κ3) is 3.60. The molecule has 0 aliphatic carbocycles. The molecule has 20 heavy (non-hydrogen) atoms. The van der Waals surface area contributed by atoms with Gasteiger partial charge in [0, 0.05) is 16.8 Å². The van der Waals surface area contributed by atoms with Crippen molar-refractivity contribution < 1.29 is 9.90 Å². The molecule has 0 spiro atoms. The van der Waals surface area contributed by atoms with Crippen LogP contribution >= 0.6 is 22.9 Å². The van der Waals surface area contributed by atoms with Gasteiger partial charge in [0.2, 0.25) is 0 Å². The lowest BCUT2D eigenvalue weighted by molar-refractivity contribution is -0.138. The van der Waals surface area contributed by atoms with Gasteiger partial charge in [0.15, 0.2) is 0 Å². The predicted molar refractivity (Wildman–Crippen MR) is 80.2 cm³/mol. The van der Waals surface area contributed by atoms with Gasteiger partial charge in [-0.2, -0.15) is 0 Å². The molecule has 1 unspecified atom stereocenters. The number of carbonyl (C=O) groups is 1. The first-order chi connectivity index (χ1) is 9.58. The van der Waals surface area contributed by atoms with Gasteiger partial charge in [0.25, 0.3) is 0 Å². The molecule has 0 radical (unpaired) electrons. The summed E-state index contributed by atoms with van der Waals surface area (Å²) in [5.74, 6) is 4.10. The van der Waals surface area contributed by atoms with Gasteiger partial charge in [0.1, 0.15) is 5.69 Å². The summed E-state index contributed by atoms with van der Waals surface area (Å²) in [6, 6.07) is 6.95. The van der Waals surface area contributed by atoms with E-state index in [0.29, 0.717) is 16.3 Å². The van der Waals surface area contributed by atoms with Gasteiger partial charge in [0.05, 0.1) is 10.9 Å². The van der Waals surface area contributed by atoms with Gasteiger partial charge in [-0.3, -0.25) is 4.79 Å². The number of aryl methyl sites for hydroxylation is 1. The van der Waals surface area contributed by atoms with E-state index in [1.54, 1.807) is 24.3 Å². The van der Waals surface area contributed by atoms with Crippen molar-refractivity contribution in [3.8, 4) is 11.8 Å². The van der Waals surface area contributed by atoms with E-state index in [2.05, 4.69) is 16.8 Å². The van der Waals surface area contributed by atoms with Crippen molar-refractivity contribution in [3.63, 3.8) is 0 Å². The highest BCUT2D eigenvalue weighted by atomic mass is 35.5. The standard InChI is InChI=1S/C15H12ClNO2S/c1-10-17-11(9-20-10)5-4-7-13(15(18)19)12-6-2-3-8-14(12)16/h2-3,6,8-9,13H,7H2,1H3,(H,18,19). The molecule has 5 heteroatoms. The molecule has 1 atom stereocenters. The fraction of sp³-hybridized carbons (Fsp3) is 0.200. The quantitative estimate of drug-likeness (QED) is 0.879. The number of rotatable bonds is 3. The van der Waals surface area contributed by atoms with Crippen molar-refractivity contribution in [2.45, 2.75) is 19.3 Å². The predicted octanol–water partition coefficient (Wildman–Crippen LogP) is 3.71. The van der Waals surface area contributed by atoms with E-state index in [4.69, 9.17) is 11.6 Å². The average Bonchev–Trinajstić information content (AvgIpc) is 2.81. The number of thiazole rings is 1. The molecule has 2 rings (SSSR count). The van der Waals surface area contributed by atoms with Crippen LogP contribution in [0.3, 0.4) is 0 Å². The molecular formula is C15H12ClNO2S.